The highest BCUT2D eigenvalue weighted by Gasteiger charge is 1.95. The van der Waals surface area contributed by atoms with Crippen molar-refractivity contribution in [2.24, 2.45) is 0 Å². The molecule has 2 aromatic heterocycles. The van der Waals surface area contributed by atoms with Crippen LogP contribution in [0.25, 0.3) is 11.4 Å². The van der Waals surface area contributed by atoms with E-state index in [1.54, 1.807) is 18.6 Å². The van der Waals surface area contributed by atoms with Gasteiger partial charge in [0.2, 0.25) is 0 Å². The highest BCUT2D eigenvalue weighted by atomic mass is 15.0. The summed E-state index contributed by atoms with van der Waals surface area (Å²) >= 11 is 0. The fraction of sp³-hybridized carbons (Fsp3) is 0.133. The van der Waals surface area contributed by atoms with Gasteiger partial charge in [0, 0.05) is 36.8 Å². The van der Waals surface area contributed by atoms with E-state index in [2.05, 4.69) is 15.0 Å². The summed E-state index contributed by atoms with van der Waals surface area (Å²) in [6.07, 6.45) is 9.64. The molecule has 0 aliphatic carbocycles. The molecule has 1 N–H and O–H groups in total. The SMILES string of the molecule is CCc1nccn1C#N.c1ccc(-c2ncc[nH]2)cc1. The van der Waals surface area contributed by atoms with E-state index >= 15 is 0 Å². The molecular formula is C15H15N5. The highest BCUT2D eigenvalue weighted by Crippen LogP contribution is 2.11. The van der Waals surface area contributed by atoms with Crippen LogP contribution < -0.4 is 0 Å². The molecule has 0 amide bonds. The van der Waals surface area contributed by atoms with Crippen molar-refractivity contribution in [1.82, 2.24) is 19.5 Å². The molecule has 0 radical (unpaired) electrons. The van der Waals surface area contributed by atoms with Gasteiger partial charge in [0.05, 0.1) is 0 Å². The maximum absolute atomic E-state index is 8.41. The summed E-state index contributed by atoms with van der Waals surface area (Å²) in [6.45, 7) is 1.97. The average molecular weight is 265 g/mol. The molecule has 0 atom stereocenters. The first-order valence-corrected chi connectivity index (χ1v) is 6.32. The number of aromatic nitrogens is 4. The van der Waals surface area contributed by atoms with Crippen LogP contribution in [0.1, 0.15) is 12.7 Å². The summed E-state index contributed by atoms with van der Waals surface area (Å²) in [5.74, 6) is 1.74. The Morgan fingerprint density at radius 3 is 2.55 bits per heavy atom. The third-order valence-corrected chi connectivity index (χ3v) is 2.69. The maximum Gasteiger partial charge on any atom is 0.189 e. The van der Waals surface area contributed by atoms with Crippen LogP contribution in [0.3, 0.4) is 0 Å². The number of nitrogens with zero attached hydrogens (tertiary/aromatic N) is 4. The molecule has 2 heterocycles. The third-order valence-electron chi connectivity index (χ3n) is 2.69. The predicted molar refractivity (Wildman–Crippen MR) is 76.6 cm³/mol. The summed E-state index contributed by atoms with van der Waals surface area (Å²) in [5.41, 5.74) is 1.12. The van der Waals surface area contributed by atoms with Gasteiger partial charge in [-0.15, -0.1) is 0 Å². The Bertz CT molecular complexity index is 662. The van der Waals surface area contributed by atoms with Crippen molar-refractivity contribution in [3.63, 3.8) is 0 Å². The number of aryl methyl sites for hydroxylation is 1. The van der Waals surface area contributed by atoms with Gasteiger partial charge in [-0.3, -0.25) is 0 Å². The van der Waals surface area contributed by atoms with Crippen LogP contribution in [0.5, 0.6) is 0 Å². The lowest BCUT2D eigenvalue weighted by atomic mass is 10.2. The zero-order valence-corrected chi connectivity index (χ0v) is 11.2. The largest absolute Gasteiger partial charge is 0.345 e. The first-order valence-electron chi connectivity index (χ1n) is 6.32. The molecule has 0 saturated heterocycles. The summed E-state index contributed by atoms with van der Waals surface area (Å²) in [4.78, 5) is 11.1. The first-order chi connectivity index (χ1) is 9.85. The van der Waals surface area contributed by atoms with E-state index in [4.69, 9.17) is 5.26 Å². The zero-order valence-electron chi connectivity index (χ0n) is 11.2. The standard InChI is InChI=1S/C9H8N2.C6H7N3/c1-2-4-8(5-3-1)9-10-6-7-11-9;1-2-6-8-3-4-9(6)5-7/h1-7H,(H,10,11);3-4H,2H2,1H3. The Hall–Kier alpha value is -2.87. The van der Waals surface area contributed by atoms with E-state index < -0.39 is 0 Å². The number of H-pyrrole nitrogens is 1. The fourth-order valence-electron chi connectivity index (χ4n) is 1.71. The van der Waals surface area contributed by atoms with E-state index in [9.17, 15) is 0 Å². The zero-order chi connectivity index (χ0) is 14.2. The third kappa shape index (κ3) is 3.33. The molecule has 100 valence electrons. The number of hydrogen-bond acceptors (Lipinski definition) is 3. The molecule has 0 unspecified atom stereocenters. The molecule has 5 heteroatoms. The van der Waals surface area contributed by atoms with Gasteiger partial charge in [0.1, 0.15) is 11.6 Å². The summed E-state index contributed by atoms with van der Waals surface area (Å²) < 4.78 is 1.46. The summed E-state index contributed by atoms with van der Waals surface area (Å²) in [6, 6.07) is 10.0. The molecule has 1 aromatic carbocycles. The van der Waals surface area contributed by atoms with E-state index in [1.807, 2.05) is 49.6 Å². The molecule has 5 nitrogen and oxygen atoms in total. The molecule has 0 saturated carbocycles. The smallest absolute Gasteiger partial charge is 0.189 e. The second kappa shape index (κ2) is 6.90. The lowest BCUT2D eigenvalue weighted by molar-refractivity contribution is 0.902. The monoisotopic (exact) mass is 265 g/mol. The van der Waals surface area contributed by atoms with E-state index in [0.717, 1.165) is 23.6 Å². The van der Waals surface area contributed by atoms with Gasteiger partial charge in [0.25, 0.3) is 0 Å². The minimum atomic E-state index is 0.806. The molecule has 0 fully saturated rings. The topological polar surface area (TPSA) is 70.3 Å². The van der Waals surface area contributed by atoms with Gasteiger partial charge in [-0.2, -0.15) is 5.26 Å². The Balaban J connectivity index is 0.000000151. The second-order valence-electron chi connectivity index (χ2n) is 3.97. The Morgan fingerprint density at radius 2 is 2.00 bits per heavy atom. The van der Waals surface area contributed by atoms with Crippen molar-refractivity contribution in [3.8, 4) is 17.6 Å². The van der Waals surface area contributed by atoms with Crippen molar-refractivity contribution in [1.29, 1.82) is 5.26 Å². The molecule has 3 aromatic rings. The van der Waals surface area contributed by atoms with Gasteiger partial charge >= 0.3 is 0 Å². The van der Waals surface area contributed by atoms with Crippen molar-refractivity contribution in [2.75, 3.05) is 0 Å². The van der Waals surface area contributed by atoms with Crippen molar-refractivity contribution in [3.05, 3.63) is 60.9 Å². The minimum Gasteiger partial charge on any atom is -0.345 e. The number of nitriles is 1. The van der Waals surface area contributed by atoms with Gasteiger partial charge in [-0.25, -0.2) is 14.5 Å². The number of nitrogens with one attached hydrogen (secondary N) is 1. The van der Waals surface area contributed by atoms with Crippen molar-refractivity contribution in [2.45, 2.75) is 13.3 Å². The van der Waals surface area contributed by atoms with Crippen molar-refractivity contribution >= 4 is 0 Å². The maximum atomic E-state index is 8.41. The average Bonchev–Trinajstić information content (AvgIpc) is 3.19. The normalized spacial score (nSPS) is 9.40. The van der Waals surface area contributed by atoms with Gasteiger partial charge in [-0.05, 0) is 0 Å². The van der Waals surface area contributed by atoms with Gasteiger partial charge in [-0.1, -0.05) is 37.3 Å². The first kappa shape index (κ1) is 13.6. The van der Waals surface area contributed by atoms with Crippen LogP contribution in [0.2, 0.25) is 0 Å². The lowest BCUT2D eigenvalue weighted by Crippen LogP contribution is -1.93. The minimum absolute atomic E-state index is 0.806. The van der Waals surface area contributed by atoms with Gasteiger partial charge < -0.3 is 4.98 Å². The molecule has 20 heavy (non-hydrogen) atoms. The van der Waals surface area contributed by atoms with Crippen LogP contribution in [0, 0.1) is 11.5 Å². The number of benzene rings is 1. The number of aromatic amines is 1. The molecule has 0 bridgehead atoms. The second-order valence-corrected chi connectivity index (χ2v) is 3.97. The van der Waals surface area contributed by atoms with E-state index in [1.165, 1.54) is 4.57 Å². The van der Waals surface area contributed by atoms with E-state index in [-0.39, 0.29) is 0 Å². The Morgan fingerprint density at radius 1 is 1.20 bits per heavy atom. The van der Waals surface area contributed by atoms with Crippen LogP contribution in [-0.2, 0) is 6.42 Å². The number of rotatable bonds is 2. The molecular weight excluding hydrogens is 250 g/mol. The Labute approximate surface area is 117 Å². The van der Waals surface area contributed by atoms with Crippen LogP contribution in [0.15, 0.2) is 55.1 Å². The molecule has 0 spiro atoms. The van der Waals surface area contributed by atoms with E-state index in [0.29, 0.717) is 0 Å². The number of hydrogen-bond donors (Lipinski definition) is 1. The predicted octanol–water partition coefficient (Wildman–Crippen LogP) is 2.85. The summed E-state index contributed by atoms with van der Waals surface area (Å²) in [7, 11) is 0. The lowest BCUT2D eigenvalue weighted by Gasteiger charge is -1.92. The number of imidazole rings is 2. The van der Waals surface area contributed by atoms with Gasteiger partial charge in [0.15, 0.2) is 6.19 Å². The molecule has 3 rings (SSSR count). The molecule has 0 aliphatic heterocycles. The summed E-state index contributed by atoms with van der Waals surface area (Å²) in [5, 5.41) is 8.41. The van der Waals surface area contributed by atoms with Crippen LogP contribution in [-0.4, -0.2) is 19.5 Å². The van der Waals surface area contributed by atoms with Crippen LogP contribution >= 0.6 is 0 Å². The van der Waals surface area contributed by atoms with Crippen molar-refractivity contribution < 1.29 is 0 Å². The quantitative estimate of drug-likeness (QED) is 0.774. The Kier molecular flexibility index (Phi) is 4.68. The fourth-order valence-corrected chi connectivity index (χ4v) is 1.71. The highest BCUT2D eigenvalue weighted by molar-refractivity contribution is 5.53. The van der Waals surface area contributed by atoms with Crippen LogP contribution in [0.4, 0.5) is 0 Å². The molecule has 0 aliphatic rings.